The lowest BCUT2D eigenvalue weighted by atomic mass is 10.9. The van der Waals surface area contributed by atoms with Gasteiger partial charge in [0.05, 0.1) is 0 Å². The van der Waals surface area contributed by atoms with Crippen molar-refractivity contribution in [2.24, 2.45) is 0 Å². The predicted molar refractivity (Wildman–Crippen MR) is 45.5 cm³/mol. The van der Waals surface area contributed by atoms with E-state index in [1.807, 2.05) is 36.2 Å². The van der Waals surface area contributed by atoms with Crippen molar-refractivity contribution in [3.05, 3.63) is 12.4 Å². The molecule has 0 amide bonds. The lowest BCUT2D eigenvalue weighted by molar-refractivity contribution is 0.745. The Morgan fingerprint density at radius 2 is 2.08 bits per heavy atom. The zero-order chi connectivity index (χ0) is 8.72. The minimum atomic E-state index is 0.408. The molecule has 0 fully saturated rings. The quantitative estimate of drug-likeness (QED) is 0.609. The van der Waals surface area contributed by atoms with Gasteiger partial charge < -0.3 is 10.7 Å². The molecule has 0 aliphatic rings. The van der Waals surface area contributed by atoms with Crippen molar-refractivity contribution in [1.29, 1.82) is 0 Å². The number of aromatic nitrogens is 4. The average Bonchev–Trinajstić information content (AvgIpc) is 2.53. The van der Waals surface area contributed by atoms with Crippen LogP contribution in [0.15, 0.2) is 12.4 Å². The molecule has 2 N–H and O–H groups in total. The van der Waals surface area contributed by atoms with Gasteiger partial charge in [-0.1, -0.05) is 0 Å². The van der Waals surface area contributed by atoms with Crippen molar-refractivity contribution in [2.45, 2.75) is 0 Å². The average molecular weight is 166 g/mol. The maximum absolute atomic E-state index is 5.55. The fraction of sp³-hybridized carbons (Fsp3) is 0.333. The predicted octanol–water partition coefficient (Wildman–Crippen LogP) is -0.689. The van der Waals surface area contributed by atoms with Crippen LogP contribution in [0.3, 0.4) is 0 Å². The highest BCUT2D eigenvalue weighted by molar-refractivity contribution is 5.38. The van der Waals surface area contributed by atoms with Gasteiger partial charge in [0.15, 0.2) is 0 Å². The second-order valence-corrected chi connectivity index (χ2v) is 2.72. The molecule has 12 heavy (non-hydrogen) atoms. The van der Waals surface area contributed by atoms with Gasteiger partial charge in [-0.3, -0.25) is 4.40 Å². The van der Waals surface area contributed by atoms with Crippen LogP contribution < -0.4 is 10.7 Å². The summed E-state index contributed by atoms with van der Waals surface area (Å²) in [4.78, 5) is 0. The Labute approximate surface area is 69.2 Å². The van der Waals surface area contributed by atoms with Crippen LogP contribution in [0.25, 0.3) is 5.78 Å². The third-order valence-corrected chi connectivity index (χ3v) is 1.70. The Hall–Kier alpha value is -1.72. The molecule has 2 rings (SSSR count). The van der Waals surface area contributed by atoms with Gasteiger partial charge in [-0.25, -0.2) is 4.68 Å². The minimum Gasteiger partial charge on any atom is -0.368 e. The molecule has 0 aliphatic carbocycles. The fourth-order valence-electron chi connectivity index (χ4n) is 1.10. The standard InChI is InChI=1S/C6H10N6/c1-10(2)12-4-3-11-5(7)8-9-6(11)12/h3-4H,1-2H3,(H2,7,8). The molecule has 0 unspecified atom stereocenters. The van der Waals surface area contributed by atoms with Gasteiger partial charge >= 0.3 is 0 Å². The van der Waals surface area contributed by atoms with E-state index >= 15 is 0 Å². The van der Waals surface area contributed by atoms with E-state index in [-0.39, 0.29) is 0 Å². The lowest BCUT2D eigenvalue weighted by Crippen LogP contribution is -2.23. The molecule has 6 nitrogen and oxygen atoms in total. The summed E-state index contributed by atoms with van der Waals surface area (Å²) in [5.41, 5.74) is 5.55. The Morgan fingerprint density at radius 3 is 2.75 bits per heavy atom. The zero-order valence-electron chi connectivity index (χ0n) is 6.97. The first-order chi connectivity index (χ1) is 5.70. The largest absolute Gasteiger partial charge is 0.368 e. The number of imidazole rings is 1. The third kappa shape index (κ3) is 0.744. The van der Waals surface area contributed by atoms with Crippen LogP contribution in [-0.2, 0) is 0 Å². The maximum Gasteiger partial charge on any atom is 0.255 e. The molecular formula is C6H10N6. The van der Waals surface area contributed by atoms with Crippen LogP contribution in [0.2, 0.25) is 0 Å². The fourth-order valence-corrected chi connectivity index (χ4v) is 1.10. The maximum atomic E-state index is 5.55. The van der Waals surface area contributed by atoms with Gasteiger partial charge in [0.25, 0.3) is 5.78 Å². The summed E-state index contributed by atoms with van der Waals surface area (Å²) in [5.74, 6) is 1.13. The molecule has 6 heteroatoms. The normalized spacial score (nSPS) is 10.8. The summed E-state index contributed by atoms with van der Waals surface area (Å²) >= 11 is 0. The van der Waals surface area contributed by atoms with Crippen LogP contribution in [0.1, 0.15) is 0 Å². The molecule has 0 radical (unpaired) electrons. The molecule has 64 valence electrons. The van der Waals surface area contributed by atoms with E-state index < -0.39 is 0 Å². The number of nitrogen functional groups attached to an aromatic ring is 1. The van der Waals surface area contributed by atoms with E-state index in [1.54, 1.807) is 4.40 Å². The van der Waals surface area contributed by atoms with E-state index in [0.29, 0.717) is 5.95 Å². The van der Waals surface area contributed by atoms with Gasteiger partial charge in [0.2, 0.25) is 5.95 Å². The molecular weight excluding hydrogens is 156 g/mol. The first-order valence-corrected chi connectivity index (χ1v) is 3.55. The van der Waals surface area contributed by atoms with Crippen LogP contribution in [0.4, 0.5) is 5.95 Å². The molecule has 0 saturated heterocycles. The summed E-state index contributed by atoms with van der Waals surface area (Å²) in [6.07, 6.45) is 3.70. The summed E-state index contributed by atoms with van der Waals surface area (Å²) in [5, 5.41) is 9.54. The molecule has 0 aromatic carbocycles. The van der Waals surface area contributed by atoms with Gasteiger partial charge in [-0.15, -0.1) is 10.2 Å². The molecule has 2 aromatic heterocycles. The summed E-state index contributed by atoms with van der Waals surface area (Å²) < 4.78 is 3.57. The Balaban J connectivity index is 2.71. The van der Waals surface area contributed by atoms with Crippen LogP contribution >= 0.6 is 0 Å². The summed E-state index contributed by atoms with van der Waals surface area (Å²) in [6, 6.07) is 0. The van der Waals surface area contributed by atoms with Gasteiger partial charge in [-0.2, -0.15) is 0 Å². The van der Waals surface area contributed by atoms with Gasteiger partial charge in [0.1, 0.15) is 0 Å². The van der Waals surface area contributed by atoms with Crippen LogP contribution in [0.5, 0.6) is 0 Å². The second-order valence-electron chi connectivity index (χ2n) is 2.72. The summed E-state index contributed by atoms with van der Waals surface area (Å²) in [6.45, 7) is 0. The molecule has 0 saturated carbocycles. The summed E-state index contributed by atoms with van der Waals surface area (Å²) in [7, 11) is 3.84. The topological polar surface area (TPSA) is 64.4 Å². The van der Waals surface area contributed by atoms with Gasteiger partial charge in [0, 0.05) is 26.5 Å². The molecule has 0 spiro atoms. The SMILES string of the molecule is CN(C)n1ccn2c(N)nnc12. The second kappa shape index (κ2) is 2.13. The number of hydrogen-bond donors (Lipinski definition) is 1. The van der Waals surface area contributed by atoms with E-state index in [4.69, 9.17) is 5.73 Å². The van der Waals surface area contributed by atoms with Crippen molar-refractivity contribution < 1.29 is 0 Å². The first-order valence-electron chi connectivity index (χ1n) is 3.55. The van der Waals surface area contributed by atoms with Crippen LogP contribution in [-0.4, -0.2) is 33.4 Å². The number of fused-ring (bicyclic) bond motifs is 1. The Morgan fingerprint density at radius 1 is 1.33 bits per heavy atom. The van der Waals surface area contributed by atoms with Crippen molar-refractivity contribution in [1.82, 2.24) is 19.3 Å². The lowest BCUT2D eigenvalue weighted by Gasteiger charge is -2.12. The molecule has 2 aromatic rings. The van der Waals surface area contributed by atoms with E-state index in [1.165, 1.54) is 0 Å². The van der Waals surface area contributed by atoms with E-state index in [2.05, 4.69) is 10.2 Å². The number of anilines is 1. The van der Waals surface area contributed by atoms with Crippen molar-refractivity contribution in [2.75, 3.05) is 24.8 Å². The number of nitrogens with two attached hydrogens (primary N) is 1. The first kappa shape index (κ1) is 6.96. The zero-order valence-corrected chi connectivity index (χ0v) is 6.97. The van der Waals surface area contributed by atoms with Gasteiger partial charge in [-0.05, 0) is 0 Å². The Kier molecular flexibility index (Phi) is 1.24. The Bertz CT molecular complexity index is 397. The van der Waals surface area contributed by atoms with Crippen molar-refractivity contribution in [3.63, 3.8) is 0 Å². The van der Waals surface area contributed by atoms with Crippen molar-refractivity contribution >= 4 is 11.7 Å². The van der Waals surface area contributed by atoms with E-state index in [9.17, 15) is 0 Å². The molecule has 2 heterocycles. The number of rotatable bonds is 1. The van der Waals surface area contributed by atoms with Crippen molar-refractivity contribution in [3.8, 4) is 0 Å². The minimum absolute atomic E-state index is 0.408. The van der Waals surface area contributed by atoms with E-state index in [0.717, 1.165) is 5.78 Å². The van der Waals surface area contributed by atoms with Crippen LogP contribution in [0, 0.1) is 0 Å². The monoisotopic (exact) mass is 166 g/mol. The highest BCUT2D eigenvalue weighted by Crippen LogP contribution is 2.05. The molecule has 0 bridgehead atoms. The molecule has 0 atom stereocenters. The smallest absolute Gasteiger partial charge is 0.255 e. The highest BCUT2D eigenvalue weighted by atomic mass is 15.6. The number of hydrogen-bond acceptors (Lipinski definition) is 4. The third-order valence-electron chi connectivity index (χ3n) is 1.70. The number of nitrogens with zero attached hydrogens (tertiary/aromatic N) is 5. The highest BCUT2D eigenvalue weighted by Gasteiger charge is 2.06. The molecule has 0 aliphatic heterocycles.